The van der Waals surface area contributed by atoms with Gasteiger partial charge in [-0.1, -0.05) is 29.8 Å². The van der Waals surface area contributed by atoms with Gasteiger partial charge in [0.25, 0.3) is 0 Å². The van der Waals surface area contributed by atoms with E-state index in [1.807, 2.05) is 0 Å². The van der Waals surface area contributed by atoms with Crippen molar-refractivity contribution in [2.75, 3.05) is 6.61 Å². The fourth-order valence-corrected chi connectivity index (χ4v) is 1.62. The molecule has 1 aromatic heterocycles. The topological polar surface area (TPSA) is 56.3 Å². The van der Waals surface area contributed by atoms with E-state index >= 15 is 0 Å². The molecule has 0 aliphatic rings. The second kappa shape index (κ2) is 6.11. The van der Waals surface area contributed by atoms with Gasteiger partial charge in [0, 0.05) is 16.8 Å². The standard InChI is InChI=1S/C14H10ClNO3/c15-11-5-3-4-10(8-11)13(17)9-19-14(18)12-6-1-2-7-16-12/h1-8H,9H2. The molecule has 1 aromatic carbocycles. The first-order valence-electron chi connectivity index (χ1n) is 5.54. The Morgan fingerprint density at radius 1 is 1.16 bits per heavy atom. The molecule has 0 aliphatic carbocycles. The van der Waals surface area contributed by atoms with E-state index in [-0.39, 0.29) is 18.1 Å². The number of nitrogens with zero attached hydrogens (tertiary/aromatic N) is 1. The fourth-order valence-electron chi connectivity index (χ4n) is 1.43. The molecule has 2 rings (SSSR count). The van der Waals surface area contributed by atoms with Gasteiger partial charge in [-0.05, 0) is 24.3 Å². The number of halogens is 1. The zero-order valence-electron chi connectivity index (χ0n) is 9.88. The average Bonchev–Trinajstić information content (AvgIpc) is 2.45. The summed E-state index contributed by atoms with van der Waals surface area (Å²) in [6.07, 6.45) is 1.48. The number of ether oxygens (including phenoxy) is 1. The molecular weight excluding hydrogens is 266 g/mol. The van der Waals surface area contributed by atoms with Gasteiger partial charge in [0.2, 0.25) is 0 Å². The molecule has 0 saturated carbocycles. The summed E-state index contributed by atoms with van der Waals surface area (Å²) in [5, 5.41) is 0.460. The van der Waals surface area contributed by atoms with E-state index in [1.165, 1.54) is 18.3 Å². The number of aromatic nitrogens is 1. The molecule has 0 unspecified atom stereocenters. The number of hydrogen-bond acceptors (Lipinski definition) is 4. The van der Waals surface area contributed by atoms with Crippen molar-refractivity contribution in [1.29, 1.82) is 0 Å². The molecule has 5 heteroatoms. The van der Waals surface area contributed by atoms with Gasteiger partial charge in [0.1, 0.15) is 5.69 Å². The predicted molar refractivity (Wildman–Crippen MR) is 70.3 cm³/mol. The Morgan fingerprint density at radius 3 is 2.68 bits per heavy atom. The van der Waals surface area contributed by atoms with E-state index in [2.05, 4.69) is 4.98 Å². The summed E-state index contributed by atoms with van der Waals surface area (Å²) in [5.41, 5.74) is 0.572. The van der Waals surface area contributed by atoms with E-state index in [9.17, 15) is 9.59 Å². The van der Waals surface area contributed by atoms with Gasteiger partial charge in [-0.2, -0.15) is 0 Å². The molecule has 0 bridgehead atoms. The predicted octanol–water partition coefficient (Wildman–Crippen LogP) is 2.77. The van der Waals surface area contributed by atoms with Crippen LogP contribution in [0.5, 0.6) is 0 Å². The van der Waals surface area contributed by atoms with Gasteiger partial charge in [-0.15, -0.1) is 0 Å². The van der Waals surface area contributed by atoms with Crippen LogP contribution in [-0.4, -0.2) is 23.3 Å². The number of carbonyl (C=O) groups is 2. The van der Waals surface area contributed by atoms with Crippen LogP contribution in [0.4, 0.5) is 0 Å². The van der Waals surface area contributed by atoms with Crippen molar-refractivity contribution in [2.24, 2.45) is 0 Å². The first-order chi connectivity index (χ1) is 9.16. The van der Waals surface area contributed by atoms with Crippen LogP contribution in [0, 0.1) is 0 Å². The lowest BCUT2D eigenvalue weighted by atomic mass is 10.1. The third-order valence-electron chi connectivity index (χ3n) is 2.35. The summed E-state index contributed by atoms with van der Waals surface area (Å²) >= 11 is 5.78. The van der Waals surface area contributed by atoms with E-state index in [1.54, 1.807) is 30.3 Å². The molecule has 0 amide bonds. The van der Waals surface area contributed by atoms with E-state index < -0.39 is 5.97 Å². The van der Waals surface area contributed by atoms with Crippen molar-refractivity contribution in [2.45, 2.75) is 0 Å². The van der Waals surface area contributed by atoms with Crippen LogP contribution in [-0.2, 0) is 4.74 Å². The third-order valence-corrected chi connectivity index (χ3v) is 2.59. The van der Waals surface area contributed by atoms with E-state index in [0.717, 1.165) is 0 Å². The number of Topliss-reactive ketones (excluding diaryl/α,β-unsaturated/α-hetero) is 1. The van der Waals surface area contributed by atoms with Crippen molar-refractivity contribution in [3.8, 4) is 0 Å². The van der Waals surface area contributed by atoms with Crippen LogP contribution < -0.4 is 0 Å². The highest BCUT2D eigenvalue weighted by atomic mass is 35.5. The number of rotatable bonds is 4. The minimum absolute atomic E-state index is 0.168. The Bertz CT molecular complexity index is 599. The fraction of sp³-hybridized carbons (Fsp3) is 0.0714. The van der Waals surface area contributed by atoms with Gasteiger partial charge in [-0.25, -0.2) is 9.78 Å². The Morgan fingerprint density at radius 2 is 2.00 bits per heavy atom. The van der Waals surface area contributed by atoms with Crippen molar-refractivity contribution in [3.05, 3.63) is 64.9 Å². The summed E-state index contributed by atoms with van der Waals surface area (Å²) in [4.78, 5) is 27.2. The minimum Gasteiger partial charge on any atom is -0.453 e. The highest BCUT2D eigenvalue weighted by molar-refractivity contribution is 6.31. The first kappa shape index (κ1) is 13.2. The summed E-state index contributed by atoms with van der Waals surface area (Å²) < 4.78 is 4.89. The maximum absolute atomic E-state index is 11.8. The monoisotopic (exact) mass is 275 g/mol. The van der Waals surface area contributed by atoms with E-state index in [4.69, 9.17) is 16.3 Å². The Hall–Kier alpha value is -2.20. The maximum Gasteiger partial charge on any atom is 0.357 e. The molecular formula is C14H10ClNO3. The quantitative estimate of drug-likeness (QED) is 0.636. The number of pyridine rings is 1. The number of hydrogen-bond donors (Lipinski definition) is 0. The third kappa shape index (κ3) is 3.63. The normalized spacial score (nSPS) is 9.95. The lowest BCUT2D eigenvalue weighted by Gasteiger charge is -2.04. The van der Waals surface area contributed by atoms with Gasteiger partial charge in [0.05, 0.1) is 0 Å². The molecule has 1 heterocycles. The molecule has 0 radical (unpaired) electrons. The molecule has 0 spiro atoms. The molecule has 96 valence electrons. The first-order valence-corrected chi connectivity index (χ1v) is 5.91. The lowest BCUT2D eigenvalue weighted by Crippen LogP contribution is -2.15. The SMILES string of the molecule is O=C(COC(=O)c1ccccn1)c1cccc(Cl)c1. The smallest absolute Gasteiger partial charge is 0.357 e. The molecule has 0 fully saturated rings. The van der Waals surface area contributed by atoms with Crippen LogP contribution >= 0.6 is 11.6 Å². The van der Waals surface area contributed by atoms with Gasteiger partial charge >= 0.3 is 5.97 Å². The molecule has 4 nitrogen and oxygen atoms in total. The van der Waals surface area contributed by atoms with Crippen molar-refractivity contribution < 1.29 is 14.3 Å². The van der Waals surface area contributed by atoms with E-state index in [0.29, 0.717) is 10.6 Å². The van der Waals surface area contributed by atoms with Crippen molar-refractivity contribution >= 4 is 23.4 Å². The summed E-state index contributed by atoms with van der Waals surface area (Å²) in [6, 6.07) is 11.3. The highest BCUT2D eigenvalue weighted by Crippen LogP contribution is 2.11. The van der Waals surface area contributed by atoms with Gasteiger partial charge in [-0.3, -0.25) is 4.79 Å². The van der Waals surface area contributed by atoms with Crippen LogP contribution in [0.1, 0.15) is 20.8 Å². The molecule has 0 atom stereocenters. The van der Waals surface area contributed by atoms with Gasteiger partial charge in [0.15, 0.2) is 12.4 Å². The number of benzene rings is 1. The zero-order chi connectivity index (χ0) is 13.7. The Kier molecular flexibility index (Phi) is 4.26. The second-order valence-corrected chi connectivity index (χ2v) is 4.16. The Labute approximate surface area is 115 Å². The Balaban J connectivity index is 1.96. The van der Waals surface area contributed by atoms with Crippen LogP contribution in [0.15, 0.2) is 48.7 Å². The molecule has 19 heavy (non-hydrogen) atoms. The van der Waals surface area contributed by atoms with Crippen LogP contribution in [0.25, 0.3) is 0 Å². The summed E-state index contributed by atoms with van der Waals surface area (Å²) in [7, 11) is 0. The molecule has 2 aromatic rings. The zero-order valence-corrected chi connectivity index (χ0v) is 10.6. The number of carbonyl (C=O) groups excluding carboxylic acids is 2. The summed E-state index contributed by atoms with van der Waals surface area (Å²) in [6.45, 7) is -0.338. The summed E-state index contributed by atoms with van der Waals surface area (Å²) in [5.74, 6) is -0.942. The largest absolute Gasteiger partial charge is 0.453 e. The average molecular weight is 276 g/mol. The highest BCUT2D eigenvalue weighted by Gasteiger charge is 2.12. The number of ketones is 1. The molecule has 0 N–H and O–H groups in total. The van der Waals surface area contributed by atoms with Gasteiger partial charge < -0.3 is 4.74 Å². The minimum atomic E-state index is -0.629. The van der Waals surface area contributed by atoms with Crippen molar-refractivity contribution in [1.82, 2.24) is 4.98 Å². The lowest BCUT2D eigenvalue weighted by molar-refractivity contribution is 0.0469. The maximum atomic E-state index is 11.8. The second-order valence-electron chi connectivity index (χ2n) is 3.72. The van der Waals surface area contributed by atoms with Crippen LogP contribution in [0.2, 0.25) is 5.02 Å². The van der Waals surface area contributed by atoms with Crippen molar-refractivity contribution in [3.63, 3.8) is 0 Å². The molecule has 0 aliphatic heterocycles. The van der Waals surface area contributed by atoms with Crippen LogP contribution in [0.3, 0.4) is 0 Å². The number of esters is 1. The molecule has 0 saturated heterocycles.